The number of aliphatic carboxylic acids is 1. The summed E-state index contributed by atoms with van der Waals surface area (Å²) in [5.74, 6) is -0.416. The van der Waals surface area contributed by atoms with E-state index in [4.69, 9.17) is 9.84 Å². The van der Waals surface area contributed by atoms with E-state index in [0.29, 0.717) is 5.75 Å². The summed E-state index contributed by atoms with van der Waals surface area (Å²) in [4.78, 5) is 15.9. The van der Waals surface area contributed by atoms with Crippen molar-refractivity contribution in [2.45, 2.75) is 16.8 Å². The van der Waals surface area contributed by atoms with E-state index in [-0.39, 0.29) is 6.61 Å². The molecule has 2 rings (SSSR count). The molecule has 0 fully saturated rings. The van der Waals surface area contributed by atoms with Crippen molar-refractivity contribution in [3.63, 3.8) is 0 Å². The van der Waals surface area contributed by atoms with Crippen molar-refractivity contribution in [2.24, 2.45) is 0 Å². The molecule has 0 atom stereocenters. The molecule has 2 aromatic rings. The number of aromatic nitrogens is 1. The number of nitrogens with zero attached hydrogens (tertiary/aromatic N) is 1. The Morgan fingerprint density at radius 1 is 1.33 bits per heavy atom. The van der Waals surface area contributed by atoms with Gasteiger partial charge in [-0.15, -0.1) is 0 Å². The quantitative estimate of drug-likeness (QED) is 0.703. The van der Waals surface area contributed by atoms with Gasteiger partial charge in [-0.2, -0.15) is 0 Å². The van der Waals surface area contributed by atoms with Crippen molar-refractivity contribution in [1.82, 2.24) is 4.98 Å². The highest BCUT2D eigenvalue weighted by atomic mass is 79.9. The van der Waals surface area contributed by atoms with Gasteiger partial charge in [0.1, 0.15) is 15.4 Å². The number of hydrogen-bond acceptors (Lipinski definition) is 4. The molecule has 0 aliphatic carbocycles. The zero-order valence-electron chi connectivity index (χ0n) is 11.0. The van der Waals surface area contributed by atoms with Crippen LogP contribution in [0.25, 0.3) is 0 Å². The van der Waals surface area contributed by atoms with Crippen molar-refractivity contribution in [1.29, 1.82) is 0 Å². The van der Waals surface area contributed by atoms with Gasteiger partial charge in [-0.05, 0) is 58.7 Å². The summed E-state index contributed by atoms with van der Waals surface area (Å²) < 4.78 is 6.91. The Morgan fingerprint density at radius 2 is 2.10 bits per heavy atom. The van der Waals surface area contributed by atoms with Crippen molar-refractivity contribution in [3.8, 4) is 5.75 Å². The number of aryl methyl sites for hydroxylation is 1. The lowest BCUT2D eigenvalue weighted by atomic mass is 10.2. The summed E-state index contributed by atoms with van der Waals surface area (Å²) in [5, 5.41) is 9.48. The summed E-state index contributed by atoms with van der Waals surface area (Å²) in [7, 11) is 0. The van der Waals surface area contributed by atoms with Crippen molar-refractivity contribution in [2.75, 3.05) is 6.61 Å². The summed E-state index contributed by atoms with van der Waals surface area (Å²) in [5.41, 5.74) is 0.885. The molecule has 7 heteroatoms. The molecule has 0 unspecified atom stereocenters. The molecule has 0 aliphatic rings. The summed E-state index contributed by atoms with van der Waals surface area (Å²) in [6, 6.07) is 9.40. The van der Waals surface area contributed by atoms with Crippen LogP contribution in [0.15, 0.2) is 49.3 Å². The predicted octanol–water partition coefficient (Wildman–Crippen LogP) is 4.53. The molecule has 1 N–H and O–H groups in total. The lowest BCUT2D eigenvalue weighted by Gasteiger charge is -2.09. The third-order valence-electron chi connectivity index (χ3n) is 2.46. The molecule has 0 bridgehead atoms. The third-order valence-corrected chi connectivity index (χ3v) is 4.23. The summed E-state index contributed by atoms with van der Waals surface area (Å²) in [6.45, 7) is 1.54. The number of benzene rings is 1. The topological polar surface area (TPSA) is 59.4 Å². The fraction of sp³-hybridized carbons (Fsp3) is 0.143. The maximum absolute atomic E-state index is 10.5. The first-order valence-electron chi connectivity index (χ1n) is 5.90. The fourth-order valence-electron chi connectivity index (χ4n) is 1.60. The Labute approximate surface area is 143 Å². The van der Waals surface area contributed by atoms with Crippen LogP contribution in [0.1, 0.15) is 5.56 Å². The Balaban J connectivity index is 2.14. The maximum Gasteiger partial charge on any atom is 0.341 e. The molecule has 0 saturated heterocycles. The smallest absolute Gasteiger partial charge is 0.341 e. The number of carboxylic acid groups (broad SMARTS) is 1. The molecule has 110 valence electrons. The second kappa shape index (κ2) is 7.29. The van der Waals surface area contributed by atoms with Crippen LogP contribution >= 0.6 is 43.6 Å². The van der Waals surface area contributed by atoms with E-state index >= 15 is 0 Å². The van der Waals surface area contributed by atoms with Crippen molar-refractivity contribution >= 4 is 49.6 Å². The maximum atomic E-state index is 10.5. The molecule has 21 heavy (non-hydrogen) atoms. The number of rotatable bonds is 5. The molecule has 0 amide bonds. The van der Waals surface area contributed by atoms with E-state index in [1.165, 1.54) is 11.8 Å². The van der Waals surface area contributed by atoms with Crippen LogP contribution in [0.2, 0.25) is 0 Å². The van der Waals surface area contributed by atoms with Gasteiger partial charge in [0.2, 0.25) is 0 Å². The minimum atomic E-state index is -0.990. The van der Waals surface area contributed by atoms with Crippen LogP contribution in [0.4, 0.5) is 0 Å². The van der Waals surface area contributed by atoms with Gasteiger partial charge in [0.05, 0.1) is 0 Å². The number of carboxylic acids is 1. The molecule has 4 nitrogen and oxygen atoms in total. The highest BCUT2D eigenvalue weighted by Crippen LogP contribution is 2.32. The highest BCUT2D eigenvalue weighted by Gasteiger charge is 2.07. The number of carbonyl (C=O) groups is 1. The standard InChI is InChI=1S/C14H11Br2NO3S/c1-8-4-10(2-3-11(8)20-7-14(18)19)21-13-6-9(15)5-12(16)17-13/h2-6H,7H2,1H3,(H,18,19). The Morgan fingerprint density at radius 3 is 2.71 bits per heavy atom. The second-order valence-electron chi connectivity index (χ2n) is 4.16. The van der Waals surface area contributed by atoms with Gasteiger partial charge in [0.15, 0.2) is 6.61 Å². The first-order chi connectivity index (χ1) is 9.94. The number of pyridine rings is 1. The molecule has 1 aromatic carbocycles. The largest absolute Gasteiger partial charge is 0.482 e. The normalized spacial score (nSPS) is 10.4. The van der Waals surface area contributed by atoms with Gasteiger partial charge >= 0.3 is 5.97 Å². The second-order valence-corrected chi connectivity index (χ2v) is 6.98. The first-order valence-corrected chi connectivity index (χ1v) is 8.30. The Kier molecular flexibility index (Phi) is 5.66. The molecular weight excluding hydrogens is 422 g/mol. The number of hydrogen-bond donors (Lipinski definition) is 1. The van der Waals surface area contributed by atoms with Crippen LogP contribution in [-0.2, 0) is 4.79 Å². The fourth-order valence-corrected chi connectivity index (χ4v) is 3.99. The van der Waals surface area contributed by atoms with E-state index < -0.39 is 5.97 Å². The van der Waals surface area contributed by atoms with Gasteiger partial charge in [0, 0.05) is 9.37 Å². The van der Waals surface area contributed by atoms with Crippen molar-refractivity contribution < 1.29 is 14.6 Å². The van der Waals surface area contributed by atoms with Gasteiger partial charge < -0.3 is 9.84 Å². The monoisotopic (exact) mass is 431 g/mol. The molecule has 0 radical (unpaired) electrons. The molecule has 0 aliphatic heterocycles. The van der Waals surface area contributed by atoms with E-state index in [1.807, 2.05) is 31.2 Å². The van der Waals surface area contributed by atoms with Gasteiger partial charge in [-0.3, -0.25) is 0 Å². The van der Waals surface area contributed by atoms with Crippen molar-refractivity contribution in [3.05, 3.63) is 45.0 Å². The van der Waals surface area contributed by atoms with Gasteiger partial charge in [0.25, 0.3) is 0 Å². The van der Waals surface area contributed by atoms with Crippen LogP contribution < -0.4 is 4.74 Å². The lowest BCUT2D eigenvalue weighted by molar-refractivity contribution is -0.139. The van der Waals surface area contributed by atoms with E-state index in [0.717, 1.165) is 24.6 Å². The summed E-state index contributed by atoms with van der Waals surface area (Å²) >= 11 is 8.30. The molecular formula is C14H11Br2NO3S. The SMILES string of the molecule is Cc1cc(Sc2cc(Br)cc(Br)n2)ccc1OCC(=O)O. The predicted molar refractivity (Wildman–Crippen MR) is 88.1 cm³/mol. The number of halogens is 2. The molecule has 1 heterocycles. The Hall–Kier alpha value is -1.05. The molecule has 0 spiro atoms. The Bertz CT molecular complexity index is 659. The lowest BCUT2D eigenvalue weighted by Crippen LogP contribution is -2.09. The average molecular weight is 433 g/mol. The molecule has 0 saturated carbocycles. The van der Waals surface area contributed by atoms with Gasteiger partial charge in [-0.25, -0.2) is 9.78 Å². The first kappa shape index (κ1) is 16.3. The van der Waals surface area contributed by atoms with Crippen LogP contribution in [-0.4, -0.2) is 22.7 Å². The van der Waals surface area contributed by atoms with Gasteiger partial charge in [-0.1, -0.05) is 27.7 Å². The van der Waals surface area contributed by atoms with E-state index in [2.05, 4.69) is 36.8 Å². The minimum absolute atomic E-state index is 0.340. The minimum Gasteiger partial charge on any atom is -0.482 e. The average Bonchev–Trinajstić information content (AvgIpc) is 2.36. The van der Waals surface area contributed by atoms with E-state index in [1.54, 1.807) is 6.07 Å². The van der Waals surface area contributed by atoms with E-state index in [9.17, 15) is 4.79 Å². The highest BCUT2D eigenvalue weighted by molar-refractivity contribution is 9.11. The summed E-state index contributed by atoms with van der Waals surface area (Å²) in [6.07, 6.45) is 0. The zero-order chi connectivity index (χ0) is 15.4. The van der Waals surface area contributed by atoms with Crippen LogP contribution in [0.3, 0.4) is 0 Å². The number of ether oxygens (including phenoxy) is 1. The third kappa shape index (κ3) is 5.01. The molecule has 1 aromatic heterocycles. The van der Waals surface area contributed by atoms with Crippen LogP contribution in [0.5, 0.6) is 5.75 Å². The van der Waals surface area contributed by atoms with Crippen LogP contribution in [0, 0.1) is 6.92 Å². The zero-order valence-corrected chi connectivity index (χ0v) is 15.0.